The molecular weight excluding hydrogens is 467 g/mol. The van der Waals surface area contributed by atoms with E-state index in [0.29, 0.717) is 31.9 Å². The van der Waals surface area contributed by atoms with Gasteiger partial charge in [0, 0.05) is 32.2 Å². The van der Waals surface area contributed by atoms with Gasteiger partial charge in [0.15, 0.2) is 0 Å². The maximum atomic E-state index is 12.1. The van der Waals surface area contributed by atoms with Crippen LogP contribution >= 0.6 is 0 Å². The van der Waals surface area contributed by atoms with Gasteiger partial charge in [-0.25, -0.2) is 4.79 Å². The Hall–Kier alpha value is -0.943. The normalized spacial score (nSPS) is 13.4. The van der Waals surface area contributed by atoms with Gasteiger partial charge in [-0.15, -0.1) is 13.2 Å². The summed E-state index contributed by atoms with van der Waals surface area (Å²) in [5.74, 6) is -0.382. The predicted octanol–water partition coefficient (Wildman–Crippen LogP) is 3.32. The third kappa shape index (κ3) is 8.32. The van der Waals surface area contributed by atoms with E-state index in [9.17, 15) is 18.0 Å². The zero-order valence-electron chi connectivity index (χ0n) is 14.4. The molecule has 2 rings (SSSR count). The van der Waals surface area contributed by atoms with Gasteiger partial charge in [0.1, 0.15) is 5.75 Å². The average Bonchev–Trinajstić information content (AvgIpc) is 2.37. The van der Waals surface area contributed by atoms with Crippen LogP contribution in [-0.2, 0) is 0 Å². The Balaban J connectivity index is -0.00000121. The Bertz CT molecular complexity index is 536. The molecule has 1 amide bonds. The Morgan fingerprint density at radius 2 is 1.64 bits per heavy atom. The molecule has 1 saturated heterocycles. The molecule has 25 heavy (non-hydrogen) atoms. The number of alkyl halides is 3. The molecule has 0 bridgehead atoms. The van der Waals surface area contributed by atoms with Crippen molar-refractivity contribution in [2.45, 2.75) is 6.36 Å². The quantitative estimate of drug-likeness (QED) is 0.491. The molecule has 0 aromatic heterocycles. The van der Waals surface area contributed by atoms with E-state index in [1.54, 1.807) is 0 Å². The molecule has 1 radical (unpaired) electrons. The average molecular weight is 490 g/mol. The molecule has 1 aromatic rings. The van der Waals surface area contributed by atoms with Crippen LogP contribution < -0.4 is 15.4 Å². The van der Waals surface area contributed by atoms with Crippen LogP contribution in [0.5, 0.6) is 5.75 Å². The number of hydrogen-bond donors (Lipinski definition) is 2. The van der Waals surface area contributed by atoms with Crippen molar-refractivity contribution in [1.29, 1.82) is 0 Å². The molecule has 3 N–H and O–H groups in total. The fourth-order valence-electron chi connectivity index (χ4n) is 2.16. The summed E-state index contributed by atoms with van der Waals surface area (Å²) in [7, 11) is 0. The van der Waals surface area contributed by atoms with E-state index in [-0.39, 0.29) is 75.5 Å². The maximum Gasteiger partial charge on any atom is 3.00 e. The zero-order valence-corrected chi connectivity index (χ0v) is 17.6. The van der Waals surface area contributed by atoms with Gasteiger partial charge in [-0.2, -0.15) is 0 Å². The van der Waals surface area contributed by atoms with E-state index < -0.39 is 12.5 Å². The molecule has 0 aliphatic carbocycles. The van der Waals surface area contributed by atoms with Gasteiger partial charge in [0.05, 0.1) is 11.4 Å². The van der Waals surface area contributed by atoms with Crippen LogP contribution in [-0.4, -0.2) is 48.6 Å². The van der Waals surface area contributed by atoms with E-state index in [2.05, 4.69) is 4.74 Å². The molecule has 0 saturated carbocycles. The molecule has 1 aliphatic heterocycles. The molecule has 141 valence electrons. The zero-order chi connectivity index (χ0) is 15.6. The molecular formula is C15H23CeF3N3O3. The van der Waals surface area contributed by atoms with Gasteiger partial charge in [-0.1, -0.05) is 0 Å². The Morgan fingerprint density at radius 3 is 2.04 bits per heavy atom. The summed E-state index contributed by atoms with van der Waals surface area (Å²) in [6.07, 6.45) is -5.75. The van der Waals surface area contributed by atoms with E-state index in [4.69, 9.17) is 10.8 Å². The molecule has 0 unspecified atom stereocenters. The standard InChI is InChI=1S/C12H14F3N3O3.3CH3.Ce/c13-12(14,15)21-8-1-2-10(9(16)7-8)17-3-5-18(6-4-17)11(19)20;;;;/h1-2,7H,3-6,16H2,(H,19,20);3*1H3;/q;3*-1;+3. The molecule has 0 atom stereocenters. The van der Waals surface area contributed by atoms with Crippen molar-refractivity contribution in [3.63, 3.8) is 0 Å². The smallest absolute Gasteiger partial charge is 0.465 e. The monoisotopic (exact) mass is 490 g/mol. The molecule has 10 heteroatoms. The maximum absolute atomic E-state index is 12.1. The third-order valence-corrected chi connectivity index (χ3v) is 3.12. The largest absolute Gasteiger partial charge is 3.00 e. The first kappa shape index (κ1) is 28.8. The number of rotatable bonds is 2. The van der Waals surface area contributed by atoms with Gasteiger partial charge in [-0.05, 0) is 12.1 Å². The number of anilines is 2. The summed E-state index contributed by atoms with van der Waals surface area (Å²) < 4.78 is 40.1. The summed E-state index contributed by atoms with van der Waals surface area (Å²) in [6, 6.07) is 3.72. The van der Waals surface area contributed by atoms with Crippen LogP contribution in [0.2, 0.25) is 0 Å². The Labute approximate surface area is 180 Å². The van der Waals surface area contributed by atoms with Crippen molar-refractivity contribution < 1.29 is 69.6 Å². The summed E-state index contributed by atoms with van der Waals surface area (Å²) >= 11 is 0. The van der Waals surface area contributed by atoms with Gasteiger partial charge < -0.3 is 47.7 Å². The fourth-order valence-corrected chi connectivity index (χ4v) is 2.16. The number of piperazine rings is 1. The minimum atomic E-state index is -4.76. The van der Waals surface area contributed by atoms with Gasteiger partial charge in [0.2, 0.25) is 0 Å². The van der Waals surface area contributed by atoms with Crippen LogP contribution in [0.4, 0.5) is 29.3 Å². The van der Waals surface area contributed by atoms with Crippen LogP contribution in [0.15, 0.2) is 18.2 Å². The van der Waals surface area contributed by atoms with Crippen molar-refractivity contribution in [2.75, 3.05) is 36.8 Å². The number of ether oxygens (including phenoxy) is 1. The van der Waals surface area contributed by atoms with Crippen molar-refractivity contribution in [3.05, 3.63) is 40.5 Å². The Kier molecular flexibility index (Phi) is 13.4. The van der Waals surface area contributed by atoms with Crippen LogP contribution in [0.1, 0.15) is 0 Å². The number of hydrogen-bond acceptors (Lipinski definition) is 4. The topological polar surface area (TPSA) is 79.0 Å². The summed E-state index contributed by atoms with van der Waals surface area (Å²) in [5.41, 5.74) is 6.46. The van der Waals surface area contributed by atoms with Crippen molar-refractivity contribution in [3.8, 4) is 5.75 Å². The summed E-state index contributed by atoms with van der Waals surface area (Å²) in [4.78, 5) is 13.9. The van der Waals surface area contributed by atoms with Gasteiger partial charge in [-0.3, -0.25) is 0 Å². The summed E-state index contributed by atoms with van der Waals surface area (Å²) in [6.45, 7) is 1.48. The second-order valence-electron chi connectivity index (χ2n) is 4.53. The minimum absolute atomic E-state index is 0. The number of amides is 1. The second-order valence-corrected chi connectivity index (χ2v) is 4.53. The first-order valence-corrected chi connectivity index (χ1v) is 6.14. The van der Waals surface area contributed by atoms with E-state index >= 15 is 0 Å². The first-order valence-electron chi connectivity index (χ1n) is 6.14. The van der Waals surface area contributed by atoms with Gasteiger partial charge in [0.25, 0.3) is 0 Å². The third-order valence-electron chi connectivity index (χ3n) is 3.12. The molecule has 1 aliphatic rings. The van der Waals surface area contributed by atoms with Crippen molar-refractivity contribution in [2.24, 2.45) is 0 Å². The van der Waals surface area contributed by atoms with Crippen LogP contribution in [0.25, 0.3) is 0 Å². The minimum Gasteiger partial charge on any atom is -0.465 e. The molecule has 1 heterocycles. The summed E-state index contributed by atoms with van der Waals surface area (Å²) in [5, 5.41) is 8.85. The number of nitrogen functional groups attached to an aromatic ring is 1. The van der Waals surface area contributed by atoms with Gasteiger partial charge >= 0.3 is 54.2 Å². The van der Waals surface area contributed by atoms with E-state index in [0.717, 1.165) is 6.07 Å². The van der Waals surface area contributed by atoms with Crippen LogP contribution in [0, 0.1) is 64.0 Å². The Morgan fingerprint density at radius 1 is 1.12 bits per heavy atom. The molecule has 6 nitrogen and oxygen atoms in total. The number of carboxylic acid groups (broad SMARTS) is 1. The number of benzene rings is 1. The molecule has 1 fully saturated rings. The fraction of sp³-hybridized carbons (Fsp3) is 0.333. The SMILES string of the molecule is Nc1cc(OC(F)(F)F)ccc1N1CCN(C(=O)O)CC1.[CH3-].[CH3-].[CH3-].[Ce+3]. The first-order chi connectivity index (χ1) is 9.76. The molecule has 1 aromatic carbocycles. The van der Waals surface area contributed by atoms with Crippen molar-refractivity contribution >= 4 is 17.5 Å². The number of halogens is 3. The number of carbonyl (C=O) groups is 1. The predicted molar refractivity (Wildman–Crippen MR) is 88.6 cm³/mol. The van der Waals surface area contributed by atoms with E-state index in [1.807, 2.05) is 4.90 Å². The number of nitrogens with zero attached hydrogens (tertiary/aromatic N) is 2. The second kappa shape index (κ2) is 11.6. The van der Waals surface area contributed by atoms with Crippen molar-refractivity contribution in [1.82, 2.24) is 4.90 Å². The molecule has 0 spiro atoms. The number of nitrogens with two attached hydrogens (primary N) is 1. The van der Waals surface area contributed by atoms with E-state index in [1.165, 1.54) is 17.0 Å². The van der Waals surface area contributed by atoms with Crippen LogP contribution in [0.3, 0.4) is 0 Å².